The summed E-state index contributed by atoms with van der Waals surface area (Å²) in [5.74, 6) is 0.873. The van der Waals surface area contributed by atoms with Gasteiger partial charge < -0.3 is 10.1 Å². The number of alkyl halides is 3. The Hall–Kier alpha value is -1.04. The highest BCUT2D eigenvalue weighted by Gasteiger charge is 2.31. The third kappa shape index (κ3) is 6.05. The summed E-state index contributed by atoms with van der Waals surface area (Å²) in [5.41, 5.74) is 0.374. The van der Waals surface area contributed by atoms with Gasteiger partial charge in [-0.15, -0.1) is 13.2 Å². The summed E-state index contributed by atoms with van der Waals surface area (Å²) >= 11 is 1.76. The highest BCUT2D eigenvalue weighted by molar-refractivity contribution is 7.98. The van der Waals surface area contributed by atoms with Gasteiger partial charge in [0.2, 0.25) is 0 Å². The number of rotatable bonds is 7. The second-order valence-corrected chi connectivity index (χ2v) is 4.66. The molecule has 0 fully saturated rings. The summed E-state index contributed by atoms with van der Waals surface area (Å²) in [7, 11) is 0. The molecule has 18 heavy (non-hydrogen) atoms. The van der Waals surface area contributed by atoms with Crippen molar-refractivity contribution in [3.63, 3.8) is 0 Å². The maximum Gasteiger partial charge on any atom is 0.573 e. The highest BCUT2D eigenvalue weighted by atomic mass is 32.2. The van der Waals surface area contributed by atoms with Gasteiger partial charge in [-0.1, -0.05) is 12.1 Å². The number of anilines is 1. The maximum absolute atomic E-state index is 12.2. The van der Waals surface area contributed by atoms with E-state index in [-0.39, 0.29) is 5.75 Å². The Morgan fingerprint density at radius 3 is 2.61 bits per heavy atom. The molecule has 102 valence electrons. The van der Waals surface area contributed by atoms with E-state index in [0.29, 0.717) is 12.2 Å². The molecule has 0 amide bonds. The number of para-hydroxylation sites is 2. The van der Waals surface area contributed by atoms with E-state index < -0.39 is 6.36 Å². The second-order valence-electron chi connectivity index (χ2n) is 3.67. The molecule has 0 saturated heterocycles. The van der Waals surface area contributed by atoms with E-state index in [2.05, 4.69) is 10.1 Å². The summed E-state index contributed by atoms with van der Waals surface area (Å²) < 4.78 is 40.4. The number of hydrogen-bond acceptors (Lipinski definition) is 3. The second kappa shape index (κ2) is 7.41. The van der Waals surface area contributed by atoms with Gasteiger partial charge in [0.05, 0.1) is 5.69 Å². The van der Waals surface area contributed by atoms with Crippen LogP contribution < -0.4 is 10.1 Å². The lowest BCUT2D eigenvalue weighted by molar-refractivity contribution is -0.274. The van der Waals surface area contributed by atoms with Gasteiger partial charge in [0.1, 0.15) is 0 Å². The van der Waals surface area contributed by atoms with Gasteiger partial charge in [0, 0.05) is 6.54 Å². The standard InChI is InChI=1S/C12H16F3NOS/c1-18-9-5-4-8-16-10-6-2-3-7-11(10)17-12(13,14)15/h2-3,6-7,16H,4-5,8-9H2,1H3. The molecule has 6 heteroatoms. The van der Waals surface area contributed by atoms with Gasteiger partial charge in [-0.05, 0) is 37.0 Å². The fraction of sp³-hybridized carbons (Fsp3) is 0.500. The van der Waals surface area contributed by atoms with Gasteiger partial charge in [-0.2, -0.15) is 11.8 Å². The van der Waals surface area contributed by atoms with Crippen molar-refractivity contribution in [1.82, 2.24) is 0 Å². The number of halogens is 3. The maximum atomic E-state index is 12.2. The van der Waals surface area contributed by atoms with Gasteiger partial charge >= 0.3 is 6.36 Å². The number of hydrogen-bond donors (Lipinski definition) is 1. The SMILES string of the molecule is CSCCCCNc1ccccc1OC(F)(F)F. The Bertz CT molecular complexity index is 357. The van der Waals surface area contributed by atoms with E-state index >= 15 is 0 Å². The molecule has 0 aromatic heterocycles. The molecular weight excluding hydrogens is 263 g/mol. The zero-order valence-corrected chi connectivity index (χ0v) is 10.9. The van der Waals surface area contributed by atoms with Crippen LogP contribution in [0.2, 0.25) is 0 Å². The Kier molecular flexibility index (Phi) is 6.18. The fourth-order valence-electron chi connectivity index (χ4n) is 1.42. The molecular formula is C12H16F3NOS. The lowest BCUT2D eigenvalue weighted by Crippen LogP contribution is -2.18. The summed E-state index contributed by atoms with van der Waals surface area (Å²) in [6.45, 7) is 0.638. The first kappa shape index (κ1) is 15.0. The molecule has 1 aromatic rings. The first-order valence-corrected chi connectivity index (χ1v) is 7.00. The molecule has 2 nitrogen and oxygen atoms in total. The molecule has 0 atom stereocenters. The number of ether oxygens (including phenoxy) is 1. The molecule has 0 heterocycles. The van der Waals surface area contributed by atoms with Crippen LogP contribution in [0.3, 0.4) is 0 Å². The summed E-state index contributed by atoms with van der Waals surface area (Å²) in [5, 5.41) is 2.96. The van der Waals surface area contributed by atoms with Crippen LogP contribution >= 0.6 is 11.8 Å². The van der Waals surface area contributed by atoms with Crippen LogP contribution in [0.25, 0.3) is 0 Å². The first-order valence-electron chi connectivity index (χ1n) is 5.60. The van der Waals surface area contributed by atoms with Crippen molar-refractivity contribution in [1.29, 1.82) is 0 Å². The van der Waals surface area contributed by atoms with Crippen LogP contribution in [-0.2, 0) is 0 Å². The molecule has 0 bridgehead atoms. The topological polar surface area (TPSA) is 21.3 Å². The van der Waals surface area contributed by atoms with Crippen LogP contribution in [0.5, 0.6) is 5.75 Å². The largest absolute Gasteiger partial charge is 0.573 e. The molecule has 0 spiro atoms. The van der Waals surface area contributed by atoms with E-state index in [9.17, 15) is 13.2 Å². The zero-order chi connectivity index (χ0) is 13.4. The van der Waals surface area contributed by atoms with E-state index in [0.717, 1.165) is 18.6 Å². The number of thioether (sulfide) groups is 1. The average molecular weight is 279 g/mol. The lowest BCUT2D eigenvalue weighted by Gasteiger charge is -2.14. The van der Waals surface area contributed by atoms with Crippen LogP contribution in [0.15, 0.2) is 24.3 Å². The molecule has 1 aromatic carbocycles. The van der Waals surface area contributed by atoms with E-state index in [1.54, 1.807) is 23.9 Å². The van der Waals surface area contributed by atoms with E-state index in [4.69, 9.17) is 0 Å². The predicted octanol–water partition coefficient (Wildman–Crippen LogP) is 4.14. The summed E-state index contributed by atoms with van der Waals surface area (Å²) in [6.07, 6.45) is -0.672. The Morgan fingerprint density at radius 2 is 1.94 bits per heavy atom. The molecule has 0 unspecified atom stereocenters. The molecule has 0 saturated carbocycles. The average Bonchev–Trinajstić information content (AvgIpc) is 2.29. The van der Waals surface area contributed by atoms with Crippen molar-refractivity contribution in [2.45, 2.75) is 19.2 Å². The molecule has 0 aliphatic rings. The summed E-state index contributed by atoms with van der Waals surface area (Å²) in [6, 6.07) is 6.07. The minimum Gasteiger partial charge on any atom is -0.404 e. The number of unbranched alkanes of at least 4 members (excludes halogenated alkanes) is 1. The molecule has 0 aliphatic carbocycles. The smallest absolute Gasteiger partial charge is 0.404 e. The minimum atomic E-state index is -4.66. The first-order chi connectivity index (χ1) is 8.53. The summed E-state index contributed by atoms with van der Waals surface area (Å²) in [4.78, 5) is 0. The third-order valence-corrected chi connectivity index (χ3v) is 2.90. The molecule has 0 aliphatic heterocycles. The van der Waals surface area contributed by atoms with Crippen LogP contribution in [-0.4, -0.2) is 24.9 Å². The van der Waals surface area contributed by atoms with Crippen molar-refractivity contribution >= 4 is 17.4 Å². The fourth-order valence-corrected chi connectivity index (χ4v) is 1.91. The normalized spacial score (nSPS) is 11.3. The third-order valence-electron chi connectivity index (χ3n) is 2.20. The van der Waals surface area contributed by atoms with Crippen molar-refractivity contribution in [2.24, 2.45) is 0 Å². The van der Waals surface area contributed by atoms with Gasteiger partial charge in [-0.3, -0.25) is 0 Å². The number of benzene rings is 1. The minimum absolute atomic E-state index is 0.185. The highest BCUT2D eigenvalue weighted by Crippen LogP contribution is 2.29. The van der Waals surface area contributed by atoms with Crippen LogP contribution in [0.1, 0.15) is 12.8 Å². The Balaban J connectivity index is 2.49. The van der Waals surface area contributed by atoms with Gasteiger partial charge in [0.15, 0.2) is 5.75 Å². The zero-order valence-electron chi connectivity index (χ0n) is 10.1. The van der Waals surface area contributed by atoms with Crippen LogP contribution in [0.4, 0.5) is 18.9 Å². The van der Waals surface area contributed by atoms with Crippen molar-refractivity contribution in [3.8, 4) is 5.75 Å². The Morgan fingerprint density at radius 1 is 1.22 bits per heavy atom. The Labute approximate surface area is 109 Å². The van der Waals surface area contributed by atoms with Crippen molar-refractivity contribution < 1.29 is 17.9 Å². The van der Waals surface area contributed by atoms with E-state index in [1.165, 1.54) is 12.1 Å². The predicted molar refractivity (Wildman–Crippen MR) is 69.2 cm³/mol. The van der Waals surface area contributed by atoms with Gasteiger partial charge in [-0.25, -0.2) is 0 Å². The monoisotopic (exact) mass is 279 g/mol. The molecule has 1 N–H and O–H groups in total. The van der Waals surface area contributed by atoms with Crippen molar-refractivity contribution in [3.05, 3.63) is 24.3 Å². The lowest BCUT2D eigenvalue weighted by atomic mass is 10.2. The van der Waals surface area contributed by atoms with Crippen LogP contribution in [0, 0.1) is 0 Å². The van der Waals surface area contributed by atoms with Gasteiger partial charge in [0.25, 0.3) is 0 Å². The van der Waals surface area contributed by atoms with E-state index in [1.807, 2.05) is 6.26 Å². The van der Waals surface area contributed by atoms with Crippen molar-refractivity contribution in [2.75, 3.05) is 23.9 Å². The quantitative estimate of drug-likeness (QED) is 0.758. The number of nitrogens with one attached hydrogen (secondary N) is 1. The molecule has 0 radical (unpaired) electrons. The molecule has 1 rings (SSSR count).